The number of nitrogens with zero attached hydrogens (tertiary/aromatic N) is 3. The topological polar surface area (TPSA) is 57.1 Å². The van der Waals surface area contributed by atoms with E-state index in [1.165, 1.54) is 20.0 Å². The summed E-state index contributed by atoms with van der Waals surface area (Å²) in [6.45, 7) is 0.620. The summed E-state index contributed by atoms with van der Waals surface area (Å²) >= 11 is 5.75. The molecular weight excluding hydrogens is 254 g/mol. The van der Waals surface area contributed by atoms with E-state index in [1.54, 1.807) is 0 Å². The molecular formula is C12H14ClN3O2. The molecule has 2 aliphatic carbocycles. The summed E-state index contributed by atoms with van der Waals surface area (Å²) in [5.74, 6) is 1.94. The molecule has 0 N–H and O–H groups in total. The molecule has 0 radical (unpaired) electrons. The molecule has 18 heavy (non-hydrogen) atoms. The van der Waals surface area contributed by atoms with E-state index in [2.05, 4.69) is 27.1 Å². The van der Waals surface area contributed by atoms with Crippen LogP contribution in [0.3, 0.4) is 0 Å². The van der Waals surface area contributed by atoms with Crippen LogP contribution in [0.4, 0.5) is 0 Å². The smallest absolute Gasteiger partial charge is 0.323 e. The van der Waals surface area contributed by atoms with Crippen molar-refractivity contribution in [3.05, 3.63) is 17.4 Å². The third-order valence-electron chi connectivity index (χ3n) is 3.59. The highest BCUT2D eigenvalue weighted by molar-refractivity contribution is 6.28. The van der Waals surface area contributed by atoms with E-state index < -0.39 is 0 Å². The van der Waals surface area contributed by atoms with E-state index in [0.717, 1.165) is 5.92 Å². The van der Waals surface area contributed by atoms with Crippen LogP contribution in [0.5, 0.6) is 12.0 Å². The summed E-state index contributed by atoms with van der Waals surface area (Å²) in [7, 11) is 1.48. The van der Waals surface area contributed by atoms with E-state index in [4.69, 9.17) is 21.1 Å². The molecule has 0 spiro atoms. The van der Waals surface area contributed by atoms with Crippen LogP contribution in [0.1, 0.15) is 12.8 Å². The summed E-state index contributed by atoms with van der Waals surface area (Å²) in [5.41, 5.74) is 0. The monoisotopic (exact) mass is 267 g/mol. The van der Waals surface area contributed by atoms with Crippen LogP contribution < -0.4 is 9.47 Å². The molecule has 1 aromatic rings. The van der Waals surface area contributed by atoms with Crippen molar-refractivity contribution in [2.45, 2.75) is 12.8 Å². The van der Waals surface area contributed by atoms with Gasteiger partial charge in [-0.05, 0) is 42.2 Å². The molecule has 0 saturated heterocycles. The van der Waals surface area contributed by atoms with Crippen molar-refractivity contribution >= 4 is 11.6 Å². The van der Waals surface area contributed by atoms with Crippen LogP contribution in [0.15, 0.2) is 12.2 Å². The minimum absolute atomic E-state index is 0.0877. The van der Waals surface area contributed by atoms with Gasteiger partial charge in [0.15, 0.2) is 0 Å². The average Bonchev–Trinajstić information content (AvgIpc) is 2.97. The van der Waals surface area contributed by atoms with Gasteiger partial charge in [-0.25, -0.2) is 0 Å². The van der Waals surface area contributed by atoms with Gasteiger partial charge < -0.3 is 9.47 Å². The van der Waals surface area contributed by atoms with E-state index in [9.17, 15) is 0 Å². The molecule has 5 nitrogen and oxygen atoms in total. The van der Waals surface area contributed by atoms with Gasteiger partial charge >= 0.3 is 12.0 Å². The summed E-state index contributed by atoms with van der Waals surface area (Å²) in [4.78, 5) is 11.7. The van der Waals surface area contributed by atoms with Crippen molar-refractivity contribution in [3.63, 3.8) is 0 Å². The van der Waals surface area contributed by atoms with Gasteiger partial charge in [0.05, 0.1) is 13.7 Å². The highest BCUT2D eigenvalue weighted by atomic mass is 35.5. The zero-order valence-electron chi connectivity index (χ0n) is 10.0. The number of hydrogen-bond acceptors (Lipinski definition) is 5. The van der Waals surface area contributed by atoms with Crippen LogP contribution in [-0.2, 0) is 0 Å². The minimum atomic E-state index is 0.0877. The lowest BCUT2D eigenvalue weighted by molar-refractivity contribution is 0.208. The molecule has 3 atom stereocenters. The Morgan fingerprint density at radius 2 is 2.06 bits per heavy atom. The molecule has 0 amide bonds. The lowest BCUT2D eigenvalue weighted by atomic mass is 9.95. The quantitative estimate of drug-likeness (QED) is 0.782. The molecule has 1 fully saturated rings. The molecule has 3 rings (SSSR count). The van der Waals surface area contributed by atoms with Gasteiger partial charge in [-0.3, -0.25) is 0 Å². The Hall–Kier alpha value is -1.36. The maximum Gasteiger partial charge on any atom is 0.323 e. The number of aromatic nitrogens is 3. The van der Waals surface area contributed by atoms with Gasteiger partial charge in [-0.15, -0.1) is 4.98 Å². The number of rotatable bonds is 4. The molecule has 2 aliphatic rings. The summed E-state index contributed by atoms with van der Waals surface area (Å²) in [5, 5.41) is 0.0877. The number of allylic oxidation sites excluding steroid dienone is 2. The van der Waals surface area contributed by atoms with Crippen LogP contribution in [0.2, 0.25) is 5.28 Å². The van der Waals surface area contributed by atoms with E-state index in [0.29, 0.717) is 18.4 Å². The van der Waals surface area contributed by atoms with Gasteiger partial charge in [0.2, 0.25) is 5.28 Å². The van der Waals surface area contributed by atoms with E-state index in [1.807, 2.05) is 0 Å². The second-order valence-corrected chi connectivity index (χ2v) is 5.06. The summed E-state index contributed by atoms with van der Waals surface area (Å²) in [6.07, 6.45) is 7.06. The van der Waals surface area contributed by atoms with Gasteiger partial charge in [-0.1, -0.05) is 12.2 Å². The van der Waals surface area contributed by atoms with Crippen molar-refractivity contribution in [2.24, 2.45) is 17.8 Å². The number of ether oxygens (including phenoxy) is 2. The first-order chi connectivity index (χ1) is 8.74. The first-order valence-electron chi connectivity index (χ1n) is 6.01. The normalized spacial score (nSPS) is 28.7. The molecule has 6 heteroatoms. The van der Waals surface area contributed by atoms with Crippen LogP contribution >= 0.6 is 11.6 Å². The van der Waals surface area contributed by atoms with Crippen molar-refractivity contribution < 1.29 is 9.47 Å². The predicted octanol–water partition coefficient (Wildman–Crippen LogP) is 2.12. The highest BCUT2D eigenvalue weighted by Crippen LogP contribution is 2.43. The maximum absolute atomic E-state index is 5.75. The second-order valence-electron chi connectivity index (χ2n) is 4.73. The van der Waals surface area contributed by atoms with Crippen molar-refractivity contribution in [1.29, 1.82) is 0 Å². The summed E-state index contributed by atoms with van der Waals surface area (Å²) < 4.78 is 10.5. The molecule has 2 bridgehead atoms. The van der Waals surface area contributed by atoms with Crippen LogP contribution in [0, 0.1) is 17.8 Å². The number of hydrogen-bond donors (Lipinski definition) is 0. The number of fused-ring (bicyclic) bond motifs is 2. The molecule has 1 aromatic heterocycles. The SMILES string of the molecule is COc1nc(Cl)nc(OC[C@@H]2C[C@@H]3C=C[C@H]2C3)n1. The first kappa shape index (κ1) is 11.7. The van der Waals surface area contributed by atoms with Crippen molar-refractivity contribution in [2.75, 3.05) is 13.7 Å². The largest absolute Gasteiger partial charge is 0.467 e. The lowest BCUT2D eigenvalue weighted by Crippen LogP contribution is -2.17. The first-order valence-corrected chi connectivity index (χ1v) is 6.39. The Bertz CT molecular complexity index is 480. The average molecular weight is 268 g/mol. The molecule has 0 aromatic carbocycles. The Labute approximate surface area is 110 Å². The Kier molecular flexibility index (Phi) is 3.07. The van der Waals surface area contributed by atoms with Crippen LogP contribution in [-0.4, -0.2) is 28.7 Å². The molecule has 96 valence electrons. The fourth-order valence-electron chi connectivity index (χ4n) is 2.74. The second kappa shape index (κ2) is 4.72. The van der Waals surface area contributed by atoms with Crippen molar-refractivity contribution in [1.82, 2.24) is 15.0 Å². The minimum Gasteiger partial charge on any atom is -0.467 e. The zero-order chi connectivity index (χ0) is 12.5. The Morgan fingerprint density at radius 3 is 2.72 bits per heavy atom. The maximum atomic E-state index is 5.75. The third kappa shape index (κ3) is 2.27. The van der Waals surface area contributed by atoms with Gasteiger partial charge in [0, 0.05) is 0 Å². The standard InChI is InChI=1S/C12H14ClN3O2/c1-17-11-14-10(13)15-12(16-11)18-6-9-5-7-2-3-8(9)4-7/h2-3,7-9H,4-6H2,1H3/t7-,8+,9+/m1/s1. The van der Waals surface area contributed by atoms with Crippen LogP contribution in [0.25, 0.3) is 0 Å². The zero-order valence-corrected chi connectivity index (χ0v) is 10.8. The highest BCUT2D eigenvalue weighted by Gasteiger charge is 2.36. The predicted molar refractivity (Wildman–Crippen MR) is 65.7 cm³/mol. The fourth-order valence-corrected chi connectivity index (χ4v) is 2.88. The van der Waals surface area contributed by atoms with E-state index >= 15 is 0 Å². The van der Waals surface area contributed by atoms with Crippen molar-refractivity contribution in [3.8, 4) is 12.0 Å². The van der Waals surface area contributed by atoms with E-state index in [-0.39, 0.29) is 17.3 Å². The number of methoxy groups -OCH3 is 1. The molecule has 0 unspecified atom stereocenters. The lowest BCUT2D eigenvalue weighted by Gasteiger charge is -2.17. The molecule has 1 heterocycles. The number of halogens is 1. The Morgan fingerprint density at radius 1 is 1.22 bits per heavy atom. The molecule has 0 aliphatic heterocycles. The summed E-state index contributed by atoms with van der Waals surface area (Å²) in [6, 6.07) is 0.413. The van der Waals surface area contributed by atoms with Gasteiger partial charge in [-0.2, -0.15) is 9.97 Å². The fraction of sp³-hybridized carbons (Fsp3) is 0.583. The van der Waals surface area contributed by atoms with Gasteiger partial charge in [0.25, 0.3) is 0 Å². The Balaban J connectivity index is 1.63. The third-order valence-corrected chi connectivity index (χ3v) is 3.76. The van der Waals surface area contributed by atoms with Gasteiger partial charge in [0.1, 0.15) is 0 Å². The molecule has 1 saturated carbocycles.